The van der Waals surface area contributed by atoms with E-state index < -0.39 is 23.8 Å². The van der Waals surface area contributed by atoms with E-state index in [0.717, 1.165) is 43.4 Å². The van der Waals surface area contributed by atoms with Crippen molar-refractivity contribution < 1.29 is 19.1 Å². The summed E-state index contributed by atoms with van der Waals surface area (Å²) in [5, 5.41) is 12.6. The minimum atomic E-state index is -0.662. The van der Waals surface area contributed by atoms with E-state index in [1.807, 2.05) is 32.9 Å². The molecule has 2 amide bonds. The molecule has 33 heavy (non-hydrogen) atoms. The van der Waals surface area contributed by atoms with Gasteiger partial charge in [0.15, 0.2) is 0 Å². The van der Waals surface area contributed by atoms with Crippen molar-refractivity contribution in [3.8, 4) is 6.07 Å². The maximum atomic E-state index is 13.2. The fourth-order valence-electron chi connectivity index (χ4n) is 5.17. The molecule has 176 valence electrons. The first-order valence-electron chi connectivity index (χ1n) is 11.8. The van der Waals surface area contributed by atoms with Crippen molar-refractivity contribution in [3.63, 3.8) is 0 Å². The first kappa shape index (κ1) is 23.3. The number of hydrogen-bond donors (Lipinski definition) is 1. The SMILES string of the molecule is CC(C)(C)OC(=O)N1[C@@H]2CC[C@@H](C2)[C@H]1C(=O)N[C@H](C#N)Cc1ccc(C2=CCOCC2)cc1. The molecular formula is C26H33N3O4. The molecule has 2 bridgehead atoms. The number of amides is 2. The molecule has 1 aliphatic carbocycles. The highest BCUT2D eigenvalue weighted by Crippen LogP contribution is 2.43. The minimum Gasteiger partial charge on any atom is -0.444 e. The predicted molar refractivity (Wildman–Crippen MR) is 124 cm³/mol. The fraction of sp³-hybridized carbons (Fsp3) is 0.577. The molecule has 1 saturated carbocycles. The second-order valence-corrected chi connectivity index (χ2v) is 10.2. The third kappa shape index (κ3) is 5.39. The van der Waals surface area contributed by atoms with Crippen LogP contribution in [-0.4, -0.2) is 53.8 Å². The Morgan fingerprint density at radius 2 is 2.03 bits per heavy atom. The van der Waals surface area contributed by atoms with Gasteiger partial charge in [-0.25, -0.2) is 4.79 Å². The predicted octanol–water partition coefficient (Wildman–Crippen LogP) is 3.83. The van der Waals surface area contributed by atoms with Crippen LogP contribution in [0.2, 0.25) is 0 Å². The van der Waals surface area contributed by atoms with Gasteiger partial charge in [0.1, 0.15) is 17.7 Å². The maximum Gasteiger partial charge on any atom is 0.411 e. The summed E-state index contributed by atoms with van der Waals surface area (Å²) in [6.07, 6.45) is 5.60. The Morgan fingerprint density at radius 3 is 2.67 bits per heavy atom. The van der Waals surface area contributed by atoms with E-state index in [9.17, 15) is 14.9 Å². The van der Waals surface area contributed by atoms with E-state index in [1.165, 1.54) is 5.57 Å². The van der Waals surface area contributed by atoms with Gasteiger partial charge in [-0.1, -0.05) is 30.3 Å². The molecule has 0 unspecified atom stereocenters. The Balaban J connectivity index is 1.40. The number of carbonyl (C=O) groups is 2. The second-order valence-electron chi connectivity index (χ2n) is 10.2. The number of nitrogens with one attached hydrogen (secondary N) is 1. The first-order valence-corrected chi connectivity index (χ1v) is 11.8. The van der Waals surface area contributed by atoms with Gasteiger partial charge < -0.3 is 14.8 Å². The summed E-state index contributed by atoms with van der Waals surface area (Å²) in [6, 6.07) is 9.15. The molecule has 1 aromatic carbocycles. The van der Waals surface area contributed by atoms with Crippen molar-refractivity contribution >= 4 is 17.6 Å². The number of benzene rings is 1. The Morgan fingerprint density at radius 1 is 1.27 bits per heavy atom. The zero-order valence-electron chi connectivity index (χ0n) is 19.7. The third-order valence-electron chi connectivity index (χ3n) is 6.66. The van der Waals surface area contributed by atoms with Gasteiger partial charge in [-0.05, 0) is 69.1 Å². The summed E-state index contributed by atoms with van der Waals surface area (Å²) in [7, 11) is 0. The molecule has 3 aliphatic rings. The van der Waals surface area contributed by atoms with Crippen LogP contribution in [0.4, 0.5) is 4.79 Å². The summed E-state index contributed by atoms with van der Waals surface area (Å²) in [4.78, 5) is 27.6. The molecule has 4 rings (SSSR count). The van der Waals surface area contributed by atoms with Crippen molar-refractivity contribution in [1.82, 2.24) is 10.2 Å². The summed E-state index contributed by atoms with van der Waals surface area (Å²) in [6.45, 7) is 6.85. The molecule has 4 atom stereocenters. The smallest absolute Gasteiger partial charge is 0.411 e. The lowest BCUT2D eigenvalue weighted by atomic mass is 9.96. The molecule has 0 radical (unpaired) electrons. The number of likely N-dealkylation sites (tertiary alicyclic amines) is 1. The number of ether oxygens (including phenoxy) is 2. The summed E-state index contributed by atoms with van der Waals surface area (Å²) < 4.78 is 10.9. The Kier molecular flexibility index (Phi) is 6.76. The molecule has 1 saturated heterocycles. The Bertz CT molecular complexity index is 957. The molecular weight excluding hydrogens is 418 g/mol. The quantitative estimate of drug-likeness (QED) is 0.735. The van der Waals surface area contributed by atoms with Crippen molar-refractivity contribution in [2.24, 2.45) is 5.92 Å². The number of carbonyl (C=O) groups excluding carboxylic acids is 2. The van der Waals surface area contributed by atoms with Gasteiger partial charge in [0, 0.05) is 12.5 Å². The van der Waals surface area contributed by atoms with Crippen molar-refractivity contribution in [1.29, 1.82) is 5.26 Å². The number of nitrogens with zero attached hydrogens (tertiary/aromatic N) is 2. The fourth-order valence-corrected chi connectivity index (χ4v) is 5.17. The van der Waals surface area contributed by atoms with Crippen LogP contribution in [0.1, 0.15) is 57.6 Å². The van der Waals surface area contributed by atoms with Crippen LogP contribution in [0, 0.1) is 17.2 Å². The minimum absolute atomic E-state index is 0.0353. The van der Waals surface area contributed by atoms with Gasteiger partial charge in [0.05, 0.1) is 19.3 Å². The van der Waals surface area contributed by atoms with Crippen LogP contribution in [-0.2, 0) is 20.7 Å². The van der Waals surface area contributed by atoms with Gasteiger partial charge in [0.25, 0.3) is 0 Å². The van der Waals surface area contributed by atoms with E-state index in [4.69, 9.17) is 9.47 Å². The summed E-state index contributed by atoms with van der Waals surface area (Å²) in [5.74, 6) is -0.141. The molecule has 7 nitrogen and oxygen atoms in total. The number of rotatable bonds is 5. The van der Waals surface area contributed by atoms with Crippen LogP contribution < -0.4 is 5.32 Å². The first-order chi connectivity index (χ1) is 15.7. The molecule has 2 fully saturated rings. The average molecular weight is 452 g/mol. The van der Waals surface area contributed by atoms with E-state index in [2.05, 4.69) is 29.6 Å². The number of hydrogen-bond acceptors (Lipinski definition) is 5. The van der Waals surface area contributed by atoms with Crippen LogP contribution >= 0.6 is 0 Å². The highest BCUT2D eigenvalue weighted by Gasteiger charge is 2.52. The topological polar surface area (TPSA) is 91.7 Å². The third-order valence-corrected chi connectivity index (χ3v) is 6.66. The summed E-state index contributed by atoms with van der Waals surface area (Å²) in [5.41, 5.74) is 2.79. The molecule has 7 heteroatoms. The summed E-state index contributed by atoms with van der Waals surface area (Å²) >= 11 is 0. The number of fused-ring (bicyclic) bond motifs is 2. The zero-order valence-corrected chi connectivity index (χ0v) is 19.7. The highest BCUT2D eigenvalue weighted by molar-refractivity contribution is 5.87. The lowest BCUT2D eigenvalue weighted by molar-refractivity contribution is -0.128. The van der Waals surface area contributed by atoms with Crippen LogP contribution in [0.15, 0.2) is 30.3 Å². The molecule has 2 aliphatic heterocycles. The maximum absolute atomic E-state index is 13.2. The van der Waals surface area contributed by atoms with E-state index in [1.54, 1.807) is 4.90 Å². The van der Waals surface area contributed by atoms with Gasteiger partial charge in [-0.2, -0.15) is 5.26 Å². The van der Waals surface area contributed by atoms with Gasteiger partial charge in [0.2, 0.25) is 5.91 Å². The Hall–Kier alpha value is -2.85. The molecule has 1 N–H and O–H groups in total. The van der Waals surface area contributed by atoms with E-state index in [0.29, 0.717) is 13.0 Å². The monoisotopic (exact) mass is 451 g/mol. The largest absolute Gasteiger partial charge is 0.444 e. The van der Waals surface area contributed by atoms with E-state index in [-0.39, 0.29) is 17.9 Å². The van der Waals surface area contributed by atoms with Crippen molar-refractivity contribution in [3.05, 3.63) is 41.5 Å². The van der Waals surface area contributed by atoms with Crippen LogP contribution in [0.3, 0.4) is 0 Å². The highest BCUT2D eigenvalue weighted by atomic mass is 16.6. The molecule has 1 aromatic rings. The van der Waals surface area contributed by atoms with Crippen molar-refractivity contribution in [2.75, 3.05) is 13.2 Å². The zero-order chi connectivity index (χ0) is 23.6. The second kappa shape index (κ2) is 9.56. The van der Waals surface area contributed by atoms with Crippen LogP contribution in [0.25, 0.3) is 5.57 Å². The normalized spacial score (nSPS) is 25.2. The average Bonchev–Trinajstić information content (AvgIpc) is 3.40. The van der Waals surface area contributed by atoms with Crippen molar-refractivity contribution in [2.45, 2.75) is 76.6 Å². The van der Waals surface area contributed by atoms with Crippen LogP contribution in [0.5, 0.6) is 0 Å². The molecule has 0 spiro atoms. The van der Waals surface area contributed by atoms with Gasteiger partial charge >= 0.3 is 6.09 Å². The standard InChI is InChI=1S/C26H33N3O4/c1-26(2,3)33-25(31)29-22-9-8-20(15-22)23(29)24(30)28-21(16-27)14-17-4-6-18(7-5-17)19-10-12-32-13-11-19/h4-7,10,20-23H,8-9,11-15H2,1-3H3,(H,28,30)/t20-,21-,22+,23-/m0/s1. The van der Waals surface area contributed by atoms with E-state index >= 15 is 0 Å². The lowest BCUT2D eigenvalue weighted by Gasteiger charge is -2.35. The number of nitriles is 1. The number of piperidine rings is 1. The molecule has 2 heterocycles. The molecule has 0 aromatic heterocycles. The lowest BCUT2D eigenvalue weighted by Crippen LogP contribution is -2.55. The Labute approximate surface area is 195 Å². The van der Waals surface area contributed by atoms with Gasteiger partial charge in [-0.15, -0.1) is 0 Å². The van der Waals surface area contributed by atoms with Gasteiger partial charge in [-0.3, -0.25) is 9.69 Å².